The molecule has 1 aromatic rings. The maximum atomic E-state index is 12.0. The van der Waals surface area contributed by atoms with Crippen molar-refractivity contribution in [3.63, 3.8) is 0 Å². The molecule has 0 radical (unpaired) electrons. The van der Waals surface area contributed by atoms with Gasteiger partial charge in [0.1, 0.15) is 5.82 Å². The third kappa shape index (κ3) is 3.49. The van der Waals surface area contributed by atoms with Crippen LogP contribution in [0.4, 0.5) is 0 Å². The molecular weight excluding hydrogens is 298 g/mol. The van der Waals surface area contributed by atoms with Crippen molar-refractivity contribution in [2.45, 2.75) is 25.8 Å². The summed E-state index contributed by atoms with van der Waals surface area (Å²) in [6.45, 7) is 3.15. The van der Waals surface area contributed by atoms with Crippen LogP contribution < -0.4 is 5.32 Å². The quantitative estimate of drug-likeness (QED) is 0.925. The first-order chi connectivity index (χ1) is 8.66. The van der Waals surface area contributed by atoms with E-state index in [1.165, 1.54) is 0 Å². The van der Waals surface area contributed by atoms with Crippen LogP contribution in [0.25, 0.3) is 0 Å². The van der Waals surface area contributed by atoms with Gasteiger partial charge in [-0.2, -0.15) is 0 Å². The number of carbonyl (C=O) groups excluding carboxylic acids is 1. The number of halogens is 1. The number of carbonyl (C=O) groups is 1. The number of nitrogens with zero attached hydrogens (tertiary/aromatic N) is 2. The lowest BCUT2D eigenvalue weighted by molar-refractivity contribution is -0.129. The van der Waals surface area contributed by atoms with Crippen LogP contribution >= 0.6 is 15.9 Å². The van der Waals surface area contributed by atoms with E-state index in [2.05, 4.69) is 31.2 Å². The zero-order valence-electron chi connectivity index (χ0n) is 10.2. The smallest absolute Gasteiger partial charge is 0.226 e. The highest BCUT2D eigenvalue weighted by Crippen LogP contribution is 2.16. The Hall–Kier alpha value is -1.01. The molecule has 1 amide bonds. The van der Waals surface area contributed by atoms with E-state index in [0.717, 1.165) is 23.9 Å². The third-order valence-electron chi connectivity index (χ3n) is 2.92. The van der Waals surface area contributed by atoms with Crippen LogP contribution in [0.3, 0.4) is 0 Å². The van der Waals surface area contributed by atoms with Gasteiger partial charge >= 0.3 is 0 Å². The van der Waals surface area contributed by atoms with Crippen LogP contribution in [0.15, 0.2) is 16.9 Å². The van der Waals surface area contributed by atoms with E-state index in [1.807, 2.05) is 6.92 Å². The number of nitrogens with one attached hydrogen (secondary N) is 1. The highest BCUT2D eigenvalue weighted by molar-refractivity contribution is 9.10. The number of amides is 1. The summed E-state index contributed by atoms with van der Waals surface area (Å²) in [7, 11) is 0. The van der Waals surface area contributed by atoms with E-state index in [9.17, 15) is 4.79 Å². The van der Waals surface area contributed by atoms with Crippen molar-refractivity contribution in [2.24, 2.45) is 5.92 Å². The van der Waals surface area contributed by atoms with Crippen LogP contribution in [0.2, 0.25) is 0 Å². The molecule has 1 fully saturated rings. The van der Waals surface area contributed by atoms with Crippen LogP contribution in [-0.4, -0.2) is 29.1 Å². The summed E-state index contributed by atoms with van der Waals surface area (Å²) in [6.07, 6.45) is 5.18. The zero-order valence-corrected chi connectivity index (χ0v) is 11.8. The average molecular weight is 314 g/mol. The van der Waals surface area contributed by atoms with Gasteiger partial charge in [-0.3, -0.25) is 4.79 Å². The fourth-order valence-corrected chi connectivity index (χ4v) is 2.09. The summed E-state index contributed by atoms with van der Waals surface area (Å²) in [5, 5.41) is 2.93. The van der Waals surface area contributed by atoms with E-state index in [1.54, 1.807) is 12.4 Å². The van der Waals surface area contributed by atoms with Crippen LogP contribution in [0.5, 0.6) is 0 Å². The van der Waals surface area contributed by atoms with E-state index >= 15 is 0 Å². The van der Waals surface area contributed by atoms with E-state index in [4.69, 9.17) is 4.74 Å². The van der Waals surface area contributed by atoms with Gasteiger partial charge in [0.25, 0.3) is 0 Å². The molecule has 0 unspecified atom stereocenters. The van der Waals surface area contributed by atoms with Gasteiger partial charge in [0.2, 0.25) is 5.91 Å². The van der Waals surface area contributed by atoms with Crippen LogP contribution in [-0.2, 0) is 9.53 Å². The second kappa shape index (κ2) is 6.24. The number of ether oxygens (including phenoxy) is 1. The highest BCUT2D eigenvalue weighted by Gasteiger charge is 2.23. The maximum absolute atomic E-state index is 12.0. The maximum Gasteiger partial charge on any atom is 0.226 e. The molecule has 2 rings (SSSR count). The van der Waals surface area contributed by atoms with Crippen molar-refractivity contribution in [3.05, 3.63) is 22.7 Å². The van der Waals surface area contributed by atoms with Gasteiger partial charge in [-0.05, 0) is 35.7 Å². The van der Waals surface area contributed by atoms with Crippen LogP contribution in [0.1, 0.15) is 31.6 Å². The predicted molar refractivity (Wildman–Crippen MR) is 69.8 cm³/mol. The van der Waals surface area contributed by atoms with E-state index < -0.39 is 0 Å². The largest absolute Gasteiger partial charge is 0.381 e. The molecule has 98 valence electrons. The molecule has 6 heteroatoms. The predicted octanol–water partition coefficient (Wildman–Crippen LogP) is 1.84. The van der Waals surface area contributed by atoms with Crippen molar-refractivity contribution in [3.8, 4) is 0 Å². The van der Waals surface area contributed by atoms with E-state index in [-0.39, 0.29) is 17.9 Å². The van der Waals surface area contributed by atoms with Crippen molar-refractivity contribution in [1.82, 2.24) is 15.3 Å². The van der Waals surface area contributed by atoms with Gasteiger partial charge in [-0.15, -0.1) is 0 Å². The first kappa shape index (κ1) is 13.4. The minimum Gasteiger partial charge on any atom is -0.381 e. The molecule has 1 N–H and O–H groups in total. The van der Waals surface area contributed by atoms with Crippen molar-refractivity contribution in [2.75, 3.05) is 13.2 Å². The molecule has 18 heavy (non-hydrogen) atoms. The lowest BCUT2D eigenvalue weighted by atomic mass is 10.0. The van der Waals surface area contributed by atoms with Gasteiger partial charge in [-0.25, -0.2) is 9.97 Å². The Labute approximate surface area is 114 Å². The molecule has 1 aromatic heterocycles. The summed E-state index contributed by atoms with van der Waals surface area (Å²) in [5.41, 5.74) is 0. The summed E-state index contributed by atoms with van der Waals surface area (Å²) in [6, 6.07) is -0.187. The Morgan fingerprint density at radius 1 is 1.56 bits per heavy atom. The second-order valence-corrected chi connectivity index (χ2v) is 5.32. The number of rotatable bonds is 3. The normalized spacial score (nSPS) is 21.3. The molecule has 0 bridgehead atoms. The Bertz CT molecular complexity index is 404. The van der Waals surface area contributed by atoms with Gasteiger partial charge in [0.05, 0.1) is 23.0 Å². The lowest BCUT2D eigenvalue weighted by Crippen LogP contribution is -2.37. The van der Waals surface area contributed by atoms with Gasteiger partial charge < -0.3 is 10.1 Å². The number of hydrogen-bond donors (Lipinski definition) is 1. The molecule has 0 spiro atoms. The first-order valence-electron chi connectivity index (χ1n) is 6.02. The van der Waals surface area contributed by atoms with E-state index in [0.29, 0.717) is 12.4 Å². The molecule has 0 aromatic carbocycles. The summed E-state index contributed by atoms with van der Waals surface area (Å²) in [4.78, 5) is 20.3. The Balaban J connectivity index is 1.91. The topological polar surface area (TPSA) is 64.1 Å². The first-order valence-corrected chi connectivity index (χ1v) is 6.81. The molecular formula is C12H16BrN3O2. The zero-order chi connectivity index (χ0) is 13.0. The molecule has 2 heterocycles. The van der Waals surface area contributed by atoms with Crippen molar-refractivity contribution in [1.29, 1.82) is 0 Å². The fourth-order valence-electron chi connectivity index (χ4n) is 1.89. The lowest BCUT2D eigenvalue weighted by Gasteiger charge is -2.23. The third-order valence-corrected chi connectivity index (χ3v) is 3.33. The molecule has 1 aliphatic rings. The minimum atomic E-state index is -0.187. The SMILES string of the molecule is C[C@H](NC(=O)[C@H]1CCCOC1)c1ncc(Br)cn1. The fraction of sp³-hybridized carbons (Fsp3) is 0.583. The van der Waals surface area contributed by atoms with Gasteiger partial charge in [-0.1, -0.05) is 0 Å². The highest BCUT2D eigenvalue weighted by atomic mass is 79.9. The summed E-state index contributed by atoms with van der Waals surface area (Å²) >= 11 is 3.28. The standard InChI is InChI=1S/C12H16BrN3O2/c1-8(11-14-5-10(13)6-15-11)16-12(17)9-3-2-4-18-7-9/h5-6,8-9H,2-4,7H2,1H3,(H,16,17)/t8-,9-/m0/s1. The van der Waals surface area contributed by atoms with Gasteiger partial charge in [0.15, 0.2) is 0 Å². The van der Waals surface area contributed by atoms with Crippen molar-refractivity contribution >= 4 is 21.8 Å². The Morgan fingerprint density at radius 2 is 2.28 bits per heavy atom. The summed E-state index contributed by atoms with van der Waals surface area (Å²) in [5.74, 6) is 0.591. The Morgan fingerprint density at radius 3 is 2.89 bits per heavy atom. The monoisotopic (exact) mass is 313 g/mol. The van der Waals surface area contributed by atoms with Crippen molar-refractivity contribution < 1.29 is 9.53 Å². The molecule has 0 saturated carbocycles. The Kier molecular flexibility index (Phi) is 4.66. The molecule has 1 saturated heterocycles. The molecule has 2 atom stereocenters. The second-order valence-electron chi connectivity index (χ2n) is 4.40. The average Bonchev–Trinajstić information content (AvgIpc) is 2.40. The van der Waals surface area contributed by atoms with Gasteiger partial charge in [0, 0.05) is 19.0 Å². The molecule has 0 aliphatic carbocycles. The number of aromatic nitrogens is 2. The summed E-state index contributed by atoms with van der Waals surface area (Å²) < 4.78 is 6.13. The number of hydrogen-bond acceptors (Lipinski definition) is 4. The molecule has 1 aliphatic heterocycles. The minimum absolute atomic E-state index is 0.0220. The van der Waals surface area contributed by atoms with Crippen LogP contribution in [0, 0.1) is 5.92 Å². The molecule has 5 nitrogen and oxygen atoms in total.